The van der Waals surface area contributed by atoms with E-state index >= 15 is 0 Å². The number of hydrogen-bond acceptors (Lipinski definition) is 3. The van der Waals surface area contributed by atoms with Gasteiger partial charge in [0, 0.05) is 15.1 Å². The van der Waals surface area contributed by atoms with E-state index in [1.807, 2.05) is 42.7 Å². The van der Waals surface area contributed by atoms with E-state index in [0.717, 1.165) is 26.4 Å². The van der Waals surface area contributed by atoms with E-state index in [1.54, 1.807) is 11.8 Å². The molecule has 0 bridgehead atoms. The monoisotopic (exact) mass is 323 g/mol. The molecule has 2 rings (SSSR count). The topological polar surface area (TPSA) is 35.2 Å². The van der Waals surface area contributed by atoms with Crippen LogP contribution in [0.2, 0.25) is 0 Å². The van der Waals surface area contributed by atoms with Crippen molar-refractivity contribution in [2.24, 2.45) is 0 Å². The third-order valence-electron chi connectivity index (χ3n) is 2.44. The molecule has 18 heavy (non-hydrogen) atoms. The summed E-state index contributed by atoms with van der Waals surface area (Å²) in [5.41, 5.74) is 7.59. The highest BCUT2D eigenvalue weighted by Gasteiger charge is 2.03. The zero-order valence-electron chi connectivity index (χ0n) is 10.0. The Bertz CT molecular complexity index is 525. The number of rotatable bonds is 4. The number of benzene rings is 2. The number of hydrogen-bond donors (Lipinski definition) is 1. The molecule has 4 heteroatoms. The molecular weight excluding hydrogens is 310 g/mol. The van der Waals surface area contributed by atoms with Gasteiger partial charge < -0.3 is 10.5 Å². The Morgan fingerprint density at radius 2 is 2.00 bits per heavy atom. The van der Waals surface area contributed by atoms with Crippen LogP contribution in [-0.2, 0) is 6.61 Å². The van der Waals surface area contributed by atoms with E-state index in [2.05, 4.69) is 22.0 Å². The average Bonchev–Trinajstić information content (AvgIpc) is 2.35. The lowest BCUT2D eigenvalue weighted by Gasteiger charge is -2.10. The van der Waals surface area contributed by atoms with E-state index < -0.39 is 0 Å². The standard InChI is InChI=1S/C14H14BrNOS/c1-18-14-5-3-2-4-13(14)17-9-10-6-11(15)8-12(16)7-10/h2-8H,9,16H2,1H3. The number of nitrogen functional groups attached to an aromatic ring is 1. The van der Waals surface area contributed by atoms with Crippen molar-refractivity contribution in [2.45, 2.75) is 11.5 Å². The summed E-state index contributed by atoms with van der Waals surface area (Å²) in [6.07, 6.45) is 2.04. The number of halogens is 1. The highest BCUT2D eigenvalue weighted by Crippen LogP contribution is 2.28. The Morgan fingerprint density at radius 1 is 1.22 bits per heavy atom. The third kappa shape index (κ3) is 3.43. The molecule has 0 aliphatic heterocycles. The second kappa shape index (κ2) is 6.16. The van der Waals surface area contributed by atoms with Gasteiger partial charge in [-0.05, 0) is 42.2 Å². The largest absolute Gasteiger partial charge is 0.488 e. The van der Waals surface area contributed by atoms with Gasteiger partial charge in [0.2, 0.25) is 0 Å². The van der Waals surface area contributed by atoms with Crippen molar-refractivity contribution in [3.63, 3.8) is 0 Å². The molecule has 2 N–H and O–H groups in total. The Balaban J connectivity index is 2.11. The van der Waals surface area contributed by atoms with Crippen molar-refractivity contribution in [2.75, 3.05) is 12.0 Å². The van der Waals surface area contributed by atoms with Crippen molar-refractivity contribution < 1.29 is 4.74 Å². The van der Waals surface area contributed by atoms with Crippen molar-refractivity contribution in [3.05, 3.63) is 52.5 Å². The number of para-hydroxylation sites is 1. The van der Waals surface area contributed by atoms with Gasteiger partial charge in [0.15, 0.2) is 0 Å². The SMILES string of the molecule is CSc1ccccc1OCc1cc(N)cc(Br)c1. The minimum atomic E-state index is 0.515. The maximum absolute atomic E-state index is 5.83. The lowest BCUT2D eigenvalue weighted by atomic mass is 10.2. The van der Waals surface area contributed by atoms with Crippen molar-refractivity contribution in [1.82, 2.24) is 0 Å². The first kappa shape index (κ1) is 13.3. The number of anilines is 1. The van der Waals surface area contributed by atoms with Gasteiger partial charge >= 0.3 is 0 Å². The average molecular weight is 324 g/mol. The zero-order chi connectivity index (χ0) is 13.0. The fourth-order valence-corrected chi connectivity index (χ4v) is 2.76. The molecule has 0 fully saturated rings. The van der Waals surface area contributed by atoms with Crippen LogP contribution >= 0.6 is 27.7 Å². The van der Waals surface area contributed by atoms with Crippen LogP contribution in [0.3, 0.4) is 0 Å². The summed E-state index contributed by atoms with van der Waals surface area (Å²) in [5.74, 6) is 0.906. The molecule has 0 aliphatic carbocycles. The Labute approximate surface area is 120 Å². The molecule has 0 saturated heterocycles. The number of thioether (sulfide) groups is 1. The summed E-state index contributed by atoms with van der Waals surface area (Å²) in [6.45, 7) is 0.515. The molecule has 94 valence electrons. The summed E-state index contributed by atoms with van der Waals surface area (Å²) in [4.78, 5) is 1.14. The molecule has 0 atom stereocenters. The highest BCUT2D eigenvalue weighted by molar-refractivity contribution is 9.10. The molecule has 0 spiro atoms. The molecule has 2 aromatic rings. The van der Waals surface area contributed by atoms with E-state index in [1.165, 1.54) is 0 Å². The maximum Gasteiger partial charge on any atom is 0.133 e. The molecule has 0 aromatic heterocycles. The Morgan fingerprint density at radius 3 is 2.72 bits per heavy atom. The first-order valence-corrected chi connectivity index (χ1v) is 7.51. The minimum Gasteiger partial charge on any atom is -0.488 e. The predicted octanol–water partition coefficient (Wildman–Crippen LogP) is 4.33. The maximum atomic E-state index is 5.83. The second-order valence-electron chi connectivity index (χ2n) is 3.83. The predicted molar refractivity (Wildman–Crippen MR) is 81.1 cm³/mol. The van der Waals surface area contributed by atoms with Crippen LogP contribution < -0.4 is 10.5 Å². The number of nitrogens with two attached hydrogens (primary N) is 1. The van der Waals surface area contributed by atoms with Gasteiger partial charge in [0.05, 0.1) is 0 Å². The first-order chi connectivity index (χ1) is 8.69. The van der Waals surface area contributed by atoms with Crippen LogP contribution in [0.1, 0.15) is 5.56 Å². The van der Waals surface area contributed by atoms with Crippen LogP contribution in [-0.4, -0.2) is 6.26 Å². The van der Waals surface area contributed by atoms with Crippen LogP contribution in [0.4, 0.5) is 5.69 Å². The molecule has 0 radical (unpaired) electrons. The van der Waals surface area contributed by atoms with Crippen molar-refractivity contribution in [3.8, 4) is 5.75 Å². The molecule has 2 aromatic carbocycles. The normalized spacial score (nSPS) is 10.3. The van der Waals surface area contributed by atoms with Crippen LogP contribution in [0.15, 0.2) is 51.8 Å². The fraction of sp³-hybridized carbons (Fsp3) is 0.143. The lowest BCUT2D eigenvalue weighted by Crippen LogP contribution is -1.98. The summed E-state index contributed by atoms with van der Waals surface area (Å²) in [5, 5.41) is 0. The van der Waals surface area contributed by atoms with Gasteiger partial charge in [-0.3, -0.25) is 0 Å². The van der Waals surface area contributed by atoms with E-state index in [4.69, 9.17) is 10.5 Å². The van der Waals surface area contributed by atoms with Gasteiger partial charge in [0.1, 0.15) is 12.4 Å². The van der Waals surface area contributed by atoms with Crippen LogP contribution in [0.25, 0.3) is 0 Å². The quantitative estimate of drug-likeness (QED) is 0.671. The van der Waals surface area contributed by atoms with Crippen LogP contribution in [0, 0.1) is 0 Å². The van der Waals surface area contributed by atoms with Gasteiger partial charge in [-0.25, -0.2) is 0 Å². The lowest BCUT2D eigenvalue weighted by molar-refractivity contribution is 0.299. The minimum absolute atomic E-state index is 0.515. The fourth-order valence-electron chi connectivity index (χ4n) is 1.66. The molecule has 0 heterocycles. The van der Waals surface area contributed by atoms with Crippen molar-refractivity contribution >= 4 is 33.4 Å². The van der Waals surface area contributed by atoms with Gasteiger partial charge in [-0.2, -0.15) is 0 Å². The smallest absolute Gasteiger partial charge is 0.133 e. The summed E-state index contributed by atoms with van der Waals surface area (Å²) in [7, 11) is 0. The molecule has 0 amide bonds. The summed E-state index contributed by atoms with van der Waals surface area (Å²) in [6, 6.07) is 13.8. The highest BCUT2D eigenvalue weighted by atomic mass is 79.9. The van der Waals surface area contributed by atoms with Gasteiger partial charge in [-0.1, -0.05) is 28.1 Å². The van der Waals surface area contributed by atoms with E-state index in [9.17, 15) is 0 Å². The van der Waals surface area contributed by atoms with Gasteiger partial charge in [0.25, 0.3) is 0 Å². The Hall–Kier alpha value is -1.13. The number of ether oxygens (including phenoxy) is 1. The second-order valence-corrected chi connectivity index (χ2v) is 5.60. The van der Waals surface area contributed by atoms with Crippen LogP contribution in [0.5, 0.6) is 5.75 Å². The molecule has 0 aliphatic rings. The molecular formula is C14H14BrNOS. The summed E-state index contributed by atoms with van der Waals surface area (Å²) >= 11 is 5.11. The Kier molecular flexibility index (Phi) is 4.55. The van der Waals surface area contributed by atoms with E-state index in [-0.39, 0.29) is 0 Å². The van der Waals surface area contributed by atoms with E-state index in [0.29, 0.717) is 6.61 Å². The molecule has 2 nitrogen and oxygen atoms in total. The third-order valence-corrected chi connectivity index (χ3v) is 3.68. The van der Waals surface area contributed by atoms with Gasteiger partial charge in [-0.15, -0.1) is 11.8 Å². The summed E-state index contributed by atoms with van der Waals surface area (Å²) < 4.78 is 6.80. The van der Waals surface area contributed by atoms with Crippen molar-refractivity contribution in [1.29, 1.82) is 0 Å². The molecule has 0 saturated carbocycles. The zero-order valence-corrected chi connectivity index (χ0v) is 12.4. The first-order valence-electron chi connectivity index (χ1n) is 5.50. The molecule has 0 unspecified atom stereocenters.